The molecule has 0 aromatic heterocycles. The lowest BCUT2D eigenvalue weighted by Gasteiger charge is -2.23. The minimum absolute atomic E-state index is 0.0900. The van der Waals surface area contributed by atoms with Gasteiger partial charge in [-0.3, -0.25) is 14.4 Å². The van der Waals surface area contributed by atoms with Gasteiger partial charge in [0.25, 0.3) is 5.69 Å². The van der Waals surface area contributed by atoms with Crippen LogP contribution in [-0.2, 0) is 15.8 Å². The molecule has 0 aliphatic carbocycles. The highest BCUT2D eigenvalue weighted by Crippen LogP contribution is 2.23. The maximum Gasteiger partial charge on any atom is 0.269 e. The summed E-state index contributed by atoms with van der Waals surface area (Å²) in [6.07, 6.45) is 1.48. The van der Waals surface area contributed by atoms with Crippen molar-refractivity contribution in [3.8, 4) is 0 Å². The molecule has 7 heteroatoms. The van der Waals surface area contributed by atoms with Crippen LogP contribution in [0.15, 0.2) is 67.3 Å². The van der Waals surface area contributed by atoms with Crippen LogP contribution in [0.2, 0.25) is 0 Å². The maximum atomic E-state index is 12.7. The molecule has 0 bridgehead atoms. The predicted octanol–water partition coefficient (Wildman–Crippen LogP) is 3.12. The largest absolute Gasteiger partial charge is 0.269 e. The number of hydrogen-bond acceptors (Lipinski definition) is 4. The third kappa shape index (κ3) is 4.17. The molecule has 0 spiro atoms. The van der Waals surface area contributed by atoms with Gasteiger partial charge in [0.2, 0.25) is 10.0 Å². The Morgan fingerprint density at radius 1 is 1.09 bits per heavy atom. The first kappa shape index (κ1) is 16.7. The van der Waals surface area contributed by atoms with Crippen LogP contribution in [0.4, 0.5) is 11.4 Å². The quantitative estimate of drug-likeness (QED) is 0.443. The van der Waals surface area contributed by atoms with Gasteiger partial charge in [-0.05, 0) is 17.7 Å². The minimum Gasteiger partial charge on any atom is -0.266 e. The van der Waals surface area contributed by atoms with Gasteiger partial charge in [0.15, 0.2) is 0 Å². The monoisotopic (exact) mass is 332 g/mol. The minimum atomic E-state index is -3.63. The number of rotatable bonds is 7. The molecule has 0 atom stereocenters. The molecule has 0 saturated heterocycles. The number of benzene rings is 2. The number of non-ortho nitro benzene ring substituents is 1. The van der Waals surface area contributed by atoms with Crippen molar-refractivity contribution in [1.82, 2.24) is 0 Å². The summed E-state index contributed by atoms with van der Waals surface area (Å²) in [6.45, 7) is 3.67. The van der Waals surface area contributed by atoms with Crippen molar-refractivity contribution < 1.29 is 13.3 Å². The van der Waals surface area contributed by atoms with E-state index in [1.165, 1.54) is 34.6 Å². The standard InChI is InChI=1S/C16H16N2O4S/c1-2-12-17(15-8-10-16(11-9-15)18(19)20)23(21,22)13-14-6-4-3-5-7-14/h2-11H,1,12-13H2. The zero-order valence-corrected chi connectivity index (χ0v) is 13.1. The third-order valence-corrected chi connectivity index (χ3v) is 4.90. The second-order valence-corrected chi connectivity index (χ2v) is 6.73. The Balaban J connectivity index is 2.32. The van der Waals surface area contributed by atoms with E-state index in [1.807, 2.05) is 6.07 Å². The van der Waals surface area contributed by atoms with Gasteiger partial charge in [-0.25, -0.2) is 8.42 Å². The topological polar surface area (TPSA) is 80.5 Å². The molecule has 0 fully saturated rings. The molecule has 0 heterocycles. The van der Waals surface area contributed by atoms with Crippen molar-refractivity contribution in [1.29, 1.82) is 0 Å². The molecule has 120 valence electrons. The molecule has 0 radical (unpaired) electrons. The normalized spacial score (nSPS) is 11.0. The smallest absolute Gasteiger partial charge is 0.266 e. The SMILES string of the molecule is C=CCN(c1ccc([N+](=O)[O-])cc1)S(=O)(=O)Cc1ccccc1. The first-order chi connectivity index (χ1) is 10.9. The van der Waals surface area contributed by atoms with E-state index in [4.69, 9.17) is 0 Å². The van der Waals surface area contributed by atoms with Gasteiger partial charge in [0.1, 0.15) is 0 Å². The average Bonchev–Trinajstić information content (AvgIpc) is 2.53. The van der Waals surface area contributed by atoms with Gasteiger partial charge in [-0.2, -0.15) is 0 Å². The number of nitro groups is 1. The van der Waals surface area contributed by atoms with Crippen molar-refractivity contribution in [3.63, 3.8) is 0 Å². The zero-order chi connectivity index (χ0) is 16.9. The Morgan fingerprint density at radius 2 is 1.70 bits per heavy atom. The Morgan fingerprint density at radius 3 is 2.22 bits per heavy atom. The summed E-state index contributed by atoms with van der Waals surface area (Å²) in [5.41, 5.74) is 0.947. The molecule has 0 amide bonds. The number of nitrogens with zero attached hydrogens (tertiary/aromatic N) is 2. The highest BCUT2D eigenvalue weighted by Gasteiger charge is 2.22. The number of anilines is 1. The lowest BCUT2D eigenvalue weighted by atomic mass is 10.2. The molecular weight excluding hydrogens is 316 g/mol. The Bertz CT molecular complexity index is 787. The summed E-state index contributed by atoms with van der Waals surface area (Å²) >= 11 is 0. The fourth-order valence-electron chi connectivity index (χ4n) is 2.10. The third-order valence-electron chi connectivity index (χ3n) is 3.17. The lowest BCUT2D eigenvalue weighted by Crippen LogP contribution is -2.32. The van der Waals surface area contributed by atoms with Crippen molar-refractivity contribution >= 4 is 21.4 Å². The summed E-state index contributed by atoms with van der Waals surface area (Å²) in [4.78, 5) is 10.2. The summed E-state index contributed by atoms with van der Waals surface area (Å²) in [6, 6.07) is 14.2. The molecular formula is C16H16N2O4S. The first-order valence-electron chi connectivity index (χ1n) is 6.84. The summed E-state index contributed by atoms with van der Waals surface area (Å²) in [7, 11) is -3.63. The lowest BCUT2D eigenvalue weighted by molar-refractivity contribution is -0.384. The van der Waals surface area contributed by atoms with Crippen LogP contribution in [0.1, 0.15) is 5.56 Å². The van der Waals surface area contributed by atoms with E-state index >= 15 is 0 Å². The van der Waals surface area contributed by atoms with Gasteiger partial charge in [-0.15, -0.1) is 6.58 Å². The molecule has 0 aliphatic rings. The van der Waals surface area contributed by atoms with Crippen molar-refractivity contribution in [2.24, 2.45) is 0 Å². The van der Waals surface area contributed by atoms with E-state index in [2.05, 4.69) is 6.58 Å². The van der Waals surface area contributed by atoms with E-state index in [0.29, 0.717) is 11.3 Å². The molecule has 0 aliphatic heterocycles. The number of sulfonamides is 1. The molecule has 6 nitrogen and oxygen atoms in total. The highest BCUT2D eigenvalue weighted by molar-refractivity contribution is 7.92. The van der Waals surface area contributed by atoms with Crippen LogP contribution in [0.5, 0.6) is 0 Å². The summed E-state index contributed by atoms with van der Waals surface area (Å²) < 4.78 is 26.5. The summed E-state index contributed by atoms with van der Waals surface area (Å²) in [5, 5.41) is 10.7. The van der Waals surface area contributed by atoms with Gasteiger partial charge in [-0.1, -0.05) is 36.4 Å². The van der Waals surface area contributed by atoms with Gasteiger partial charge < -0.3 is 0 Å². The van der Waals surface area contributed by atoms with Crippen LogP contribution >= 0.6 is 0 Å². The van der Waals surface area contributed by atoms with E-state index in [0.717, 1.165) is 0 Å². The van der Waals surface area contributed by atoms with E-state index < -0.39 is 14.9 Å². The van der Waals surface area contributed by atoms with Gasteiger partial charge in [0.05, 0.1) is 22.9 Å². The molecule has 23 heavy (non-hydrogen) atoms. The van der Waals surface area contributed by atoms with Crippen molar-refractivity contribution in [2.75, 3.05) is 10.8 Å². The fraction of sp³-hybridized carbons (Fsp3) is 0.125. The van der Waals surface area contributed by atoms with Crippen LogP contribution < -0.4 is 4.31 Å². The van der Waals surface area contributed by atoms with Gasteiger partial charge in [0, 0.05) is 12.1 Å². The molecule has 2 rings (SSSR count). The second-order valence-electron chi connectivity index (χ2n) is 4.84. The Kier molecular flexibility index (Phi) is 5.13. The highest BCUT2D eigenvalue weighted by atomic mass is 32.2. The van der Waals surface area contributed by atoms with E-state index in [-0.39, 0.29) is 18.0 Å². The Hall–Kier alpha value is -2.67. The molecule has 0 N–H and O–H groups in total. The molecule has 0 saturated carbocycles. The average molecular weight is 332 g/mol. The van der Waals surface area contributed by atoms with Gasteiger partial charge >= 0.3 is 0 Å². The fourth-order valence-corrected chi connectivity index (χ4v) is 3.65. The summed E-state index contributed by atoms with van der Waals surface area (Å²) in [5.74, 6) is -0.154. The van der Waals surface area contributed by atoms with Crippen LogP contribution in [0.3, 0.4) is 0 Å². The molecule has 2 aromatic rings. The van der Waals surface area contributed by atoms with Crippen LogP contribution in [0.25, 0.3) is 0 Å². The van der Waals surface area contributed by atoms with Crippen LogP contribution in [0, 0.1) is 10.1 Å². The predicted molar refractivity (Wildman–Crippen MR) is 89.7 cm³/mol. The Labute approximate surface area is 134 Å². The number of hydrogen-bond donors (Lipinski definition) is 0. The van der Waals surface area contributed by atoms with Crippen molar-refractivity contribution in [2.45, 2.75) is 5.75 Å². The van der Waals surface area contributed by atoms with Crippen LogP contribution in [-0.4, -0.2) is 19.9 Å². The first-order valence-corrected chi connectivity index (χ1v) is 8.44. The van der Waals surface area contributed by atoms with E-state index in [9.17, 15) is 18.5 Å². The second kappa shape index (κ2) is 7.06. The van der Waals surface area contributed by atoms with E-state index in [1.54, 1.807) is 24.3 Å². The maximum absolute atomic E-state index is 12.7. The van der Waals surface area contributed by atoms with Crippen molar-refractivity contribution in [3.05, 3.63) is 82.9 Å². The zero-order valence-electron chi connectivity index (χ0n) is 12.3. The molecule has 2 aromatic carbocycles. The molecule has 0 unspecified atom stereocenters. The number of nitro benzene ring substituents is 1.